The van der Waals surface area contributed by atoms with Crippen LogP contribution in [0.3, 0.4) is 0 Å². The molecule has 2 aromatic rings. The predicted octanol–water partition coefficient (Wildman–Crippen LogP) is 0.654. The van der Waals surface area contributed by atoms with Gasteiger partial charge in [-0.25, -0.2) is 0 Å². The van der Waals surface area contributed by atoms with Crippen LogP contribution in [0.1, 0.15) is 22.9 Å². The first-order valence-electron chi connectivity index (χ1n) is 6.13. The second-order valence-electron chi connectivity index (χ2n) is 4.65. The maximum Gasteiger partial charge on any atom is 0.147 e. The Balaban J connectivity index is 1.72. The Morgan fingerprint density at radius 1 is 1.44 bits per heavy atom. The number of nitrogens with zero attached hydrogens (tertiary/aromatic N) is 4. The minimum atomic E-state index is 0.454. The molecular weight excluding hydrogens is 230 g/mol. The summed E-state index contributed by atoms with van der Waals surface area (Å²) < 4.78 is 7.68. The summed E-state index contributed by atoms with van der Waals surface area (Å²) in [4.78, 5) is 2.35. The molecule has 3 rings (SSSR count). The van der Waals surface area contributed by atoms with Gasteiger partial charge in [0.2, 0.25) is 0 Å². The fourth-order valence-electron chi connectivity index (χ4n) is 2.34. The van der Waals surface area contributed by atoms with Crippen molar-refractivity contribution in [1.82, 2.24) is 19.7 Å². The number of rotatable bonds is 3. The van der Waals surface area contributed by atoms with Crippen LogP contribution in [0, 0.1) is 6.92 Å². The van der Waals surface area contributed by atoms with Crippen LogP contribution in [0.4, 0.5) is 0 Å². The van der Waals surface area contributed by atoms with Gasteiger partial charge in [-0.2, -0.15) is 0 Å². The molecule has 6 nitrogen and oxygen atoms in total. The van der Waals surface area contributed by atoms with Gasteiger partial charge in [-0.15, -0.1) is 10.2 Å². The van der Waals surface area contributed by atoms with E-state index in [1.54, 1.807) is 6.33 Å². The molecule has 6 heteroatoms. The molecule has 0 spiro atoms. The van der Waals surface area contributed by atoms with Crippen molar-refractivity contribution in [2.24, 2.45) is 5.73 Å². The molecular formula is C12H17N5O. The lowest BCUT2D eigenvalue weighted by Crippen LogP contribution is -2.33. The summed E-state index contributed by atoms with van der Waals surface area (Å²) in [5, 5.41) is 8.05. The zero-order valence-corrected chi connectivity index (χ0v) is 10.5. The van der Waals surface area contributed by atoms with Crippen LogP contribution in [-0.4, -0.2) is 26.2 Å². The van der Waals surface area contributed by atoms with E-state index in [0.717, 1.165) is 43.5 Å². The Labute approximate surface area is 105 Å². The number of hydrogen-bond acceptors (Lipinski definition) is 5. The monoisotopic (exact) mass is 247 g/mol. The smallest absolute Gasteiger partial charge is 0.147 e. The van der Waals surface area contributed by atoms with Crippen molar-refractivity contribution >= 4 is 0 Å². The molecule has 1 aliphatic heterocycles. The minimum absolute atomic E-state index is 0.454. The van der Waals surface area contributed by atoms with E-state index in [4.69, 9.17) is 10.2 Å². The zero-order chi connectivity index (χ0) is 12.5. The summed E-state index contributed by atoms with van der Waals surface area (Å²) in [6, 6.07) is 2.05. The van der Waals surface area contributed by atoms with Crippen molar-refractivity contribution < 1.29 is 4.42 Å². The first-order chi connectivity index (χ1) is 8.76. The number of aromatic nitrogens is 3. The molecule has 2 aromatic heterocycles. The summed E-state index contributed by atoms with van der Waals surface area (Å²) in [6.07, 6.45) is 1.79. The quantitative estimate of drug-likeness (QED) is 0.862. The number of nitrogens with two attached hydrogens (primary N) is 1. The number of hydrogen-bond donors (Lipinski definition) is 1. The van der Waals surface area contributed by atoms with E-state index in [-0.39, 0.29) is 0 Å². The topological polar surface area (TPSA) is 73.1 Å². The summed E-state index contributed by atoms with van der Waals surface area (Å²) >= 11 is 0. The Morgan fingerprint density at radius 3 is 3.11 bits per heavy atom. The molecule has 1 aliphatic rings. The minimum Gasteiger partial charge on any atom is -0.465 e. The van der Waals surface area contributed by atoms with Gasteiger partial charge in [0.1, 0.15) is 23.7 Å². The van der Waals surface area contributed by atoms with Crippen LogP contribution in [0.5, 0.6) is 0 Å². The summed E-state index contributed by atoms with van der Waals surface area (Å²) in [7, 11) is 0. The summed E-state index contributed by atoms with van der Waals surface area (Å²) in [5.74, 6) is 2.84. The predicted molar refractivity (Wildman–Crippen MR) is 65.5 cm³/mol. The van der Waals surface area contributed by atoms with Crippen molar-refractivity contribution in [3.05, 3.63) is 35.3 Å². The highest BCUT2D eigenvalue weighted by Gasteiger charge is 2.19. The maximum absolute atomic E-state index is 5.59. The van der Waals surface area contributed by atoms with Gasteiger partial charge in [0.25, 0.3) is 0 Å². The third-order valence-corrected chi connectivity index (χ3v) is 3.38. The number of fused-ring (bicyclic) bond motifs is 1. The molecule has 0 amide bonds. The second kappa shape index (κ2) is 4.55. The van der Waals surface area contributed by atoms with Gasteiger partial charge in [-0.3, -0.25) is 4.90 Å². The largest absolute Gasteiger partial charge is 0.465 e. The third-order valence-electron chi connectivity index (χ3n) is 3.38. The van der Waals surface area contributed by atoms with E-state index in [0.29, 0.717) is 6.54 Å². The Bertz CT molecular complexity index is 544. The molecule has 0 radical (unpaired) electrons. The molecule has 0 atom stereocenters. The lowest BCUT2D eigenvalue weighted by atomic mass is 10.2. The zero-order valence-electron chi connectivity index (χ0n) is 10.5. The Morgan fingerprint density at radius 2 is 2.33 bits per heavy atom. The van der Waals surface area contributed by atoms with Gasteiger partial charge in [-0.05, 0) is 13.0 Å². The molecule has 96 valence electrons. The molecule has 0 saturated carbocycles. The van der Waals surface area contributed by atoms with Gasteiger partial charge >= 0.3 is 0 Å². The normalized spacial score (nSPS) is 15.9. The van der Waals surface area contributed by atoms with Gasteiger partial charge in [0.05, 0.1) is 13.1 Å². The van der Waals surface area contributed by atoms with Crippen LogP contribution in [-0.2, 0) is 26.2 Å². The molecule has 0 bridgehead atoms. The molecule has 0 aliphatic carbocycles. The first-order valence-corrected chi connectivity index (χ1v) is 6.13. The lowest BCUT2D eigenvalue weighted by molar-refractivity contribution is 0.207. The highest BCUT2D eigenvalue weighted by molar-refractivity contribution is 5.20. The molecule has 18 heavy (non-hydrogen) atoms. The fraction of sp³-hybridized carbons (Fsp3) is 0.500. The molecule has 3 heterocycles. The van der Waals surface area contributed by atoms with Gasteiger partial charge < -0.3 is 14.7 Å². The maximum atomic E-state index is 5.59. The van der Waals surface area contributed by atoms with Crippen LogP contribution in [0.15, 0.2) is 16.8 Å². The van der Waals surface area contributed by atoms with Crippen molar-refractivity contribution in [3.63, 3.8) is 0 Å². The van der Waals surface area contributed by atoms with E-state index in [2.05, 4.69) is 25.7 Å². The van der Waals surface area contributed by atoms with Gasteiger partial charge in [0, 0.05) is 25.2 Å². The fourth-order valence-corrected chi connectivity index (χ4v) is 2.34. The van der Waals surface area contributed by atoms with Crippen LogP contribution >= 0.6 is 0 Å². The number of aryl methyl sites for hydroxylation is 1. The van der Waals surface area contributed by atoms with Crippen molar-refractivity contribution in [1.29, 1.82) is 0 Å². The van der Waals surface area contributed by atoms with E-state index in [9.17, 15) is 0 Å². The molecule has 0 aromatic carbocycles. The van der Waals surface area contributed by atoms with Gasteiger partial charge in [-0.1, -0.05) is 0 Å². The van der Waals surface area contributed by atoms with Crippen LogP contribution in [0.2, 0.25) is 0 Å². The summed E-state index contributed by atoms with van der Waals surface area (Å²) in [5.41, 5.74) is 6.80. The lowest BCUT2D eigenvalue weighted by Gasteiger charge is -2.26. The van der Waals surface area contributed by atoms with Crippen LogP contribution < -0.4 is 5.73 Å². The van der Waals surface area contributed by atoms with E-state index in [1.807, 2.05) is 6.92 Å². The van der Waals surface area contributed by atoms with E-state index >= 15 is 0 Å². The number of furan rings is 1. The standard InChI is InChI=1S/C12H17N5O/c1-9-10(4-11(5-13)18-9)6-16-2-3-17-8-14-15-12(17)7-16/h4,8H,2-3,5-7,13H2,1H3. The molecule has 2 N–H and O–H groups in total. The Kier molecular flexibility index (Phi) is 2.89. The van der Waals surface area contributed by atoms with Crippen molar-refractivity contribution in [3.8, 4) is 0 Å². The van der Waals surface area contributed by atoms with Crippen LogP contribution in [0.25, 0.3) is 0 Å². The van der Waals surface area contributed by atoms with Crippen molar-refractivity contribution in [2.45, 2.75) is 33.1 Å². The molecule has 0 saturated heterocycles. The highest BCUT2D eigenvalue weighted by Crippen LogP contribution is 2.19. The average molecular weight is 247 g/mol. The Hall–Kier alpha value is -1.66. The first kappa shape index (κ1) is 11.4. The second-order valence-corrected chi connectivity index (χ2v) is 4.65. The molecule has 0 unspecified atom stereocenters. The van der Waals surface area contributed by atoms with E-state index < -0.39 is 0 Å². The van der Waals surface area contributed by atoms with Crippen molar-refractivity contribution in [2.75, 3.05) is 6.54 Å². The highest BCUT2D eigenvalue weighted by atomic mass is 16.3. The van der Waals surface area contributed by atoms with Gasteiger partial charge in [0.15, 0.2) is 0 Å². The van der Waals surface area contributed by atoms with E-state index in [1.165, 1.54) is 5.56 Å². The third kappa shape index (κ3) is 2.04. The molecule has 0 fully saturated rings. The SMILES string of the molecule is Cc1oc(CN)cc1CN1CCn2cnnc2C1. The average Bonchev–Trinajstić information content (AvgIpc) is 2.96. The summed E-state index contributed by atoms with van der Waals surface area (Å²) in [6.45, 7) is 6.11.